The predicted molar refractivity (Wildman–Crippen MR) is 118 cm³/mol. The average molecular weight is 448 g/mol. The zero-order valence-electron chi connectivity index (χ0n) is 18.8. The van der Waals surface area contributed by atoms with E-state index in [4.69, 9.17) is 16.0 Å². The Morgan fingerprint density at radius 2 is 1.79 bits per heavy atom. The molecule has 0 amide bonds. The van der Waals surface area contributed by atoms with E-state index in [0.717, 1.165) is 12.5 Å². The molecule has 0 saturated carbocycles. The first kappa shape index (κ1) is 24.7. The van der Waals surface area contributed by atoms with Gasteiger partial charge in [-0.15, -0.1) is 0 Å². The topological polar surface area (TPSA) is 41.5 Å². The Balaban J connectivity index is 2.36. The minimum absolute atomic E-state index is 0.0270. The summed E-state index contributed by atoms with van der Waals surface area (Å²) in [5.74, 6) is -1.86. The van der Waals surface area contributed by atoms with E-state index < -0.39 is 31.1 Å². The first-order valence-electron chi connectivity index (χ1n) is 10.4. The van der Waals surface area contributed by atoms with Gasteiger partial charge in [0.15, 0.2) is 20.0 Å². The lowest BCUT2D eigenvalue weighted by Gasteiger charge is -2.46. The van der Waals surface area contributed by atoms with Gasteiger partial charge in [0.2, 0.25) is 0 Å². The third kappa shape index (κ3) is 5.21. The summed E-state index contributed by atoms with van der Waals surface area (Å²) in [6.07, 6.45) is 2.66. The molecular formula is C22H36ClF2NO2Si. The first-order valence-corrected chi connectivity index (χ1v) is 13.7. The van der Waals surface area contributed by atoms with Crippen molar-refractivity contribution >= 4 is 19.9 Å². The van der Waals surface area contributed by atoms with Gasteiger partial charge in [-0.05, 0) is 75.4 Å². The molecule has 2 rings (SSSR count). The van der Waals surface area contributed by atoms with Crippen molar-refractivity contribution in [2.45, 2.75) is 95.6 Å². The summed E-state index contributed by atoms with van der Waals surface area (Å²) in [6.45, 7) is 15.3. The maximum absolute atomic E-state index is 14.1. The van der Waals surface area contributed by atoms with Crippen LogP contribution < -0.4 is 5.32 Å². The molecule has 0 aromatic heterocycles. The van der Waals surface area contributed by atoms with Crippen LogP contribution in [0.15, 0.2) is 12.1 Å². The van der Waals surface area contributed by atoms with Gasteiger partial charge in [-0.1, -0.05) is 32.4 Å². The highest BCUT2D eigenvalue weighted by atomic mass is 35.5. The zero-order valence-corrected chi connectivity index (χ0v) is 20.5. The summed E-state index contributed by atoms with van der Waals surface area (Å²) in [7, 11) is -2.00. The fourth-order valence-corrected chi connectivity index (χ4v) is 6.18. The second-order valence-electron chi connectivity index (χ2n) is 10.4. The van der Waals surface area contributed by atoms with E-state index in [1.807, 2.05) is 0 Å². The van der Waals surface area contributed by atoms with Crippen molar-refractivity contribution in [1.82, 2.24) is 5.32 Å². The van der Waals surface area contributed by atoms with Crippen LogP contribution in [0, 0.1) is 11.6 Å². The molecule has 0 aliphatic carbocycles. The van der Waals surface area contributed by atoms with Crippen molar-refractivity contribution in [2.24, 2.45) is 0 Å². The lowest BCUT2D eigenvalue weighted by atomic mass is 9.84. The van der Waals surface area contributed by atoms with Crippen LogP contribution in [-0.4, -0.2) is 31.7 Å². The van der Waals surface area contributed by atoms with Gasteiger partial charge in [0.1, 0.15) is 0 Å². The smallest absolute Gasteiger partial charge is 0.192 e. The highest BCUT2D eigenvalue weighted by Crippen LogP contribution is 2.46. The predicted octanol–water partition coefficient (Wildman–Crippen LogP) is 6.14. The molecule has 0 bridgehead atoms. The molecule has 166 valence electrons. The van der Waals surface area contributed by atoms with E-state index in [1.54, 1.807) is 0 Å². The number of halogens is 3. The average Bonchev–Trinajstić information content (AvgIpc) is 3.01. The number of rotatable bonds is 7. The molecular weight excluding hydrogens is 412 g/mol. The number of aliphatic hydroxyl groups excluding tert-OH is 1. The SMILES string of the molecule is CC(C)(O[Si](C)(C)C(C)(C)C)[C@H]1CC[C@@](CCCO)(c2cc(F)c(F)cc2Cl)N1. The second-order valence-corrected chi connectivity index (χ2v) is 15.5. The van der Waals surface area contributed by atoms with Crippen LogP contribution in [0.3, 0.4) is 0 Å². The third-order valence-electron chi connectivity index (χ3n) is 6.76. The lowest BCUT2D eigenvalue weighted by molar-refractivity contribution is 0.0502. The van der Waals surface area contributed by atoms with Gasteiger partial charge in [-0.2, -0.15) is 0 Å². The van der Waals surface area contributed by atoms with E-state index in [9.17, 15) is 13.9 Å². The number of aliphatic hydroxyl groups is 1. The monoisotopic (exact) mass is 447 g/mol. The molecule has 1 aliphatic heterocycles. The lowest BCUT2D eigenvalue weighted by Crippen LogP contribution is -2.56. The molecule has 0 radical (unpaired) electrons. The summed E-state index contributed by atoms with van der Waals surface area (Å²) in [4.78, 5) is 0. The molecule has 0 unspecified atom stereocenters. The molecule has 1 aromatic carbocycles. The van der Waals surface area contributed by atoms with Crippen LogP contribution in [0.25, 0.3) is 0 Å². The van der Waals surface area contributed by atoms with Crippen molar-refractivity contribution in [2.75, 3.05) is 6.61 Å². The van der Waals surface area contributed by atoms with E-state index in [-0.39, 0.29) is 22.7 Å². The Morgan fingerprint density at radius 3 is 2.34 bits per heavy atom. The largest absolute Gasteiger partial charge is 0.410 e. The van der Waals surface area contributed by atoms with Crippen molar-refractivity contribution in [3.63, 3.8) is 0 Å². The molecule has 1 saturated heterocycles. The Hall–Kier alpha value is -0.533. The molecule has 2 N–H and O–H groups in total. The van der Waals surface area contributed by atoms with Gasteiger partial charge in [0.05, 0.1) is 5.60 Å². The highest BCUT2D eigenvalue weighted by Gasteiger charge is 2.49. The van der Waals surface area contributed by atoms with Crippen LogP contribution in [0.5, 0.6) is 0 Å². The molecule has 3 nitrogen and oxygen atoms in total. The molecule has 1 fully saturated rings. The van der Waals surface area contributed by atoms with Crippen molar-refractivity contribution < 1.29 is 18.3 Å². The minimum Gasteiger partial charge on any atom is -0.410 e. The summed E-state index contributed by atoms with van der Waals surface area (Å²) < 4.78 is 34.5. The Morgan fingerprint density at radius 1 is 1.21 bits per heavy atom. The molecule has 7 heteroatoms. The van der Waals surface area contributed by atoms with Gasteiger partial charge in [-0.3, -0.25) is 0 Å². The Labute approximate surface area is 180 Å². The summed E-state index contributed by atoms with van der Waals surface area (Å²) in [5, 5.41) is 13.4. The molecule has 2 atom stereocenters. The quantitative estimate of drug-likeness (QED) is 0.389. The van der Waals surface area contributed by atoms with Crippen LogP contribution in [0.2, 0.25) is 23.2 Å². The van der Waals surface area contributed by atoms with Crippen molar-refractivity contribution in [3.8, 4) is 0 Å². The number of hydrogen-bond acceptors (Lipinski definition) is 3. The van der Waals surface area contributed by atoms with Gasteiger partial charge < -0.3 is 14.8 Å². The minimum atomic E-state index is -2.00. The van der Waals surface area contributed by atoms with E-state index in [2.05, 4.69) is 53.0 Å². The van der Waals surface area contributed by atoms with Crippen LogP contribution in [0.4, 0.5) is 8.78 Å². The maximum atomic E-state index is 14.1. The number of nitrogens with one attached hydrogen (secondary N) is 1. The van der Waals surface area contributed by atoms with Crippen LogP contribution >= 0.6 is 11.6 Å². The van der Waals surface area contributed by atoms with Crippen LogP contribution in [-0.2, 0) is 9.96 Å². The van der Waals surface area contributed by atoms with Gasteiger partial charge >= 0.3 is 0 Å². The van der Waals surface area contributed by atoms with Gasteiger partial charge in [0.25, 0.3) is 0 Å². The molecule has 0 spiro atoms. The van der Waals surface area contributed by atoms with Gasteiger partial charge in [0, 0.05) is 23.2 Å². The summed E-state index contributed by atoms with van der Waals surface area (Å²) in [6, 6.07) is 2.27. The fourth-order valence-electron chi connectivity index (χ4n) is 4.09. The zero-order chi connectivity index (χ0) is 22.3. The van der Waals surface area contributed by atoms with Gasteiger partial charge in [-0.25, -0.2) is 8.78 Å². The van der Waals surface area contributed by atoms with E-state index in [0.29, 0.717) is 24.8 Å². The number of benzene rings is 1. The third-order valence-corrected chi connectivity index (χ3v) is 11.7. The normalized spacial score (nSPS) is 23.6. The fraction of sp³-hybridized carbons (Fsp3) is 0.727. The van der Waals surface area contributed by atoms with Crippen molar-refractivity contribution in [3.05, 3.63) is 34.4 Å². The van der Waals surface area contributed by atoms with Crippen molar-refractivity contribution in [1.29, 1.82) is 0 Å². The summed E-state index contributed by atoms with van der Waals surface area (Å²) >= 11 is 6.34. The van der Waals surface area contributed by atoms with Crippen LogP contribution in [0.1, 0.15) is 65.9 Å². The maximum Gasteiger partial charge on any atom is 0.192 e. The molecule has 1 aliphatic rings. The highest BCUT2D eigenvalue weighted by molar-refractivity contribution is 6.74. The van der Waals surface area contributed by atoms with E-state index in [1.165, 1.54) is 6.07 Å². The molecule has 1 aromatic rings. The van der Waals surface area contributed by atoms with E-state index >= 15 is 0 Å². The second kappa shape index (κ2) is 8.54. The summed E-state index contributed by atoms with van der Waals surface area (Å²) in [5.41, 5.74) is -0.501. The molecule has 1 heterocycles. The standard InChI is InChI=1S/C22H36ClF2NO2Si/c1-20(2,3)29(6,7)28-21(4,5)19-9-11-22(26-19,10-8-12-27)15-13-17(24)18(25)14-16(15)23/h13-14,19,26-27H,8-12H2,1-7H3/t19-,22+/m1/s1. The number of hydrogen-bond donors (Lipinski definition) is 2. The molecule has 29 heavy (non-hydrogen) atoms. The first-order chi connectivity index (χ1) is 13.2. The Bertz CT molecular complexity index is 736. The Kier molecular flexibility index (Phi) is 7.28.